The molecule has 0 aliphatic carbocycles. The molecule has 2 aromatic rings. The summed E-state index contributed by atoms with van der Waals surface area (Å²) in [5.74, 6) is 2.83. The summed E-state index contributed by atoms with van der Waals surface area (Å²) in [5, 5.41) is 3.22. The lowest BCUT2D eigenvalue weighted by Gasteiger charge is -2.26. The van der Waals surface area contributed by atoms with E-state index in [-0.39, 0.29) is 0 Å². The van der Waals surface area contributed by atoms with E-state index in [1.165, 1.54) is 0 Å². The molecule has 1 saturated heterocycles. The van der Waals surface area contributed by atoms with Crippen LogP contribution in [0.2, 0.25) is 0 Å². The molecule has 0 saturated carbocycles. The van der Waals surface area contributed by atoms with Crippen molar-refractivity contribution in [2.45, 2.75) is 0 Å². The van der Waals surface area contributed by atoms with Crippen LogP contribution < -0.4 is 14.8 Å². The Morgan fingerprint density at radius 3 is 2.35 bits per heavy atom. The van der Waals surface area contributed by atoms with Crippen LogP contribution in [0.4, 0.5) is 0 Å². The third kappa shape index (κ3) is 2.88. The van der Waals surface area contributed by atoms with Crippen molar-refractivity contribution >= 4 is 0 Å². The summed E-state index contributed by atoms with van der Waals surface area (Å²) < 4.78 is 10.8. The van der Waals surface area contributed by atoms with Crippen molar-refractivity contribution in [1.29, 1.82) is 0 Å². The lowest BCUT2D eigenvalue weighted by Crippen LogP contribution is -2.45. The van der Waals surface area contributed by atoms with E-state index in [4.69, 9.17) is 9.47 Å². The summed E-state index contributed by atoms with van der Waals surface area (Å²) >= 11 is 0. The highest BCUT2D eigenvalue weighted by molar-refractivity contribution is 5.56. The molecule has 0 spiro atoms. The van der Waals surface area contributed by atoms with E-state index in [9.17, 15) is 0 Å². The molecule has 104 valence electrons. The number of rotatable bonds is 5. The van der Waals surface area contributed by atoms with Gasteiger partial charge >= 0.3 is 0 Å². The number of nitrogens with one attached hydrogen (secondary N) is 1. The summed E-state index contributed by atoms with van der Waals surface area (Å²) in [4.78, 5) is 8.67. The fourth-order valence-corrected chi connectivity index (χ4v) is 1.96. The van der Waals surface area contributed by atoms with Gasteiger partial charge in [0.15, 0.2) is 11.6 Å². The highest BCUT2D eigenvalue weighted by atomic mass is 16.5. The van der Waals surface area contributed by atoms with Crippen molar-refractivity contribution in [3.63, 3.8) is 0 Å². The Bertz CT molecular complexity index is 550. The lowest BCUT2D eigenvalue weighted by atomic mass is 10.1. The zero-order valence-corrected chi connectivity index (χ0v) is 11.4. The molecule has 5 heteroatoms. The van der Waals surface area contributed by atoms with Crippen LogP contribution in [0.25, 0.3) is 11.4 Å². The average Bonchev–Trinajstić information content (AvgIpc) is 2.46. The molecule has 2 heterocycles. The van der Waals surface area contributed by atoms with Crippen LogP contribution in [-0.4, -0.2) is 36.8 Å². The molecular formula is C15H17N3O2. The Balaban J connectivity index is 1.64. The van der Waals surface area contributed by atoms with E-state index in [0.717, 1.165) is 31.0 Å². The normalized spacial score (nSPS) is 14.7. The first kappa shape index (κ1) is 12.9. The molecule has 20 heavy (non-hydrogen) atoms. The van der Waals surface area contributed by atoms with E-state index >= 15 is 0 Å². The summed E-state index contributed by atoms with van der Waals surface area (Å²) in [5.41, 5.74) is 0.959. The fraction of sp³-hybridized carbons (Fsp3) is 0.333. The number of aromatic nitrogens is 2. The van der Waals surface area contributed by atoms with Crippen LogP contribution in [0.1, 0.15) is 0 Å². The van der Waals surface area contributed by atoms with E-state index in [1.54, 1.807) is 19.5 Å². The number of ether oxygens (including phenoxy) is 2. The summed E-state index contributed by atoms with van der Waals surface area (Å²) in [6.07, 6.45) is 3.44. The zero-order chi connectivity index (χ0) is 13.8. The van der Waals surface area contributed by atoms with E-state index in [2.05, 4.69) is 15.3 Å². The second kappa shape index (κ2) is 5.88. The van der Waals surface area contributed by atoms with Gasteiger partial charge in [-0.05, 0) is 24.3 Å². The summed E-state index contributed by atoms with van der Waals surface area (Å²) in [6.45, 7) is 2.79. The molecular weight excluding hydrogens is 254 g/mol. The quantitative estimate of drug-likeness (QED) is 0.898. The molecule has 0 bridgehead atoms. The van der Waals surface area contributed by atoms with Gasteiger partial charge in [0, 0.05) is 24.6 Å². The van der Waals surface area contributed by atoms with Crippen LogP contribution in [0.5, 0.6) is 11.5 Å². The molecule has 1 fully saturated rings. The standard InChI is InChI=1S/C15H17N3O2/c1-19-13-4-2-12(3-5-13)15-17-8-14(9-18-15)20-10-11-6-16-7-11/h2-5,8-9,11,16H,6-7,10H2,1H3. The molecule has 5 nitrogen and oxygen atoms in total. The van der Waals surface area contributed by atoms with Gasteiger partial charge in [0.1, 0.15) is 5.75 Å². The first-order chi connectivity index (χ1) is 9.85. The predicted molar refractivity (Wildman–Crippen MR) is 75.9 cm³/mol. The van der Waals surface area contributed by atoms with E-state index < -0.39 is 0 Å². The first-order valence-corrected chi connectivity index (χ1v) is 6.65. The minimum Gasteiger partial charge on any atom is -0.497 e. The van der Waals surface area contributed by atoms with Gasteiger partial charge in [-0.25, -0.2) is 9.97 Å². The number of nitrogens with zero attached hydrogens (tertiary/aromatic N) is 2. The minimum atomic E-state index is 0.608. The van der Waals surface area contributed by atoms with Gasteiger partial charge in [-0.3, -0.25) is 0 Å². The SMILES string of the molecule is COc1ccc(-c2ncc(OCC3CNC3)cn2)cc1. The van der Waals surface area contributed by atoms with Crippen molar-refractivity contribution in [2.24, 2.45) is 5.92 Å². The van der Waals surface area contributed by atoms with Crippen molar-refractivity contribution in [1.82, 2.24) is 15.3 Å². The Labute approximate surface area is 118 Å². The van der Waals surface area contributed by atoms with Gasteiger partial charge in [0.25, 0.3) is 0 Å². The molecule has 0 radical (unpaired) electrons. The van der Waals surface area contributed by atoms with Crippen LogP contribution in [0.3, 0.4) is 0 Å². The van der Waals surface area contributed by atoms with Crippen LogP contribution in [-0.2, 0) is 0 Å². The first-order valence-electron chi connectivity index (χ1n) is 6.65. The molecule has 1 aliphatic rings. The monoisotopic (exact) mass is 271 g/mol. The van der Waals surface area contributed by atoms with E-state index in [0.29, 0.717) is 17.5 Å². The zero-order valence-electron chi connectivity index (χ0n) is 11.4. The molecule has 3 rings (SSSR count). The minimum absolute atomic E-state index is 0.608. The highest BCUT2D eigenvalue weighted by Crippen LogP contribution is 2.20. The maximum Gasteiger partial charge on any atom is 0.159 e. The average molecular weight is 271 g/mol. The third-order valence-electron chi connectivity index (χ3n) is 3.33. The lowest BCUT2D eigenvalue weighted by molar-refractivity contribution is 0.198. The summed E-state index contributed by atoms with van der Waals surface area (Å²) in [6, 6.07) is 7.67. The Kier molecular flexibility index (Phi) is 3.78. The topological polar surface area (TPSA) is 56.3 Å². The fourth-order valence-electron chi connectivity index (χ4n) is 1.96. The van der Waals surface area contributed by atoms with Gasteiger partial charge < -0.3 is 14.8 Å². The van der Waals surface area contributed by atoms with Crippen molar-refractivity contribution < 1.29 is 9.47 Å². The Hall–Kier alpha value is -2.14. The smallest absolute Gasteiger partial charge is 0.159 e. The highest BCUT2D eigenvalue weighted by Gasteiger charge is 2.17. The van der Waals surface area contributed by atoms with Crippen molar-refractivity contribution in [3.05, 3.63) is 36.7 Å². The molecule has 1 N–H and O–H groups in total. The van der Waals surface area contributed by atoms with Gasteiger partial charge in [0.05, 0.1) is 26.1 Å². The Morgan fingerprint density at radius 1 is 1.10 bits per heavy atom. The molecule has 0 amide bonds. The molecule has 1 aromatic carbocycles. The predicted octanol–water partition coefficient (Wildman–Crippen LogP) is 1.75. The van der Waals surface area contributed by atoms with Gasteiger partial charge in [-0.15, -0.1) is 0 Å². The maximum absolute atomic E-state index is 5.65. The van der Waals surface area contributed by atoms with Crippen molar-refractivity contribution in [2.75, 3.05) is 26.8 Å². The largest absolute Gasteiger partial charge is 0.497 e. The number of methoxy groups -OCH3 is 1. The molecule has 0 atom stereocenters. The maximum atomic E-state index is 5.65. The van der Waals surface area contributed by atoms with Crippen molar-refractivity contribution in [3.8, 4) is 22.9 Å². The van der Waals surface area contributed by atoms with Crippen LogP contribution in [0, 0.1) is 5.92 Å². The number of benzene rings is 1. The Morgan fingerprint density at radius 2 is 1.80 bits per heavy atom. The second-order valence-corrected chi connectivity index (χ2v) is 4.81. The third-order valence-corrected chi connectivity index (χ3v) is 3.33. The van der Waals surface area contributed by atoms with E-state index in [1.807, 2.05) is 24.3 Å². The molecule has 1 aliphatic heterocycles. The van der Waals surface area contributed by atoms with Gasteiger partial charge in [0.2, 0.25) is 0 Å². The molecule has 1 aromatic heterocycles. The van der Waals surface area contributed by atoms with Gasteiger partial charge in [-0.2, -0.15) is 0 Å². The molecule has 0 unspecified atom stereocenters. The van der Waals surface area contributed by atoms with Crippen LogP contribution in [0.15, 0.2) is 36.7 Å². The summed E-state index contributed by atoms with van der Waals surface area (Å²) in [7, 11) is 1.65. The number of hydrogen-bond donors (Lipinski definition) is 1. The number of hydrogen-bond acceptors (Lipinski definition) is 5. The second-order valence-electron chi connectivity index (χ2n) is 4.81. The van der Waals surface area contributed by atoms with Gasteiger partial charge in [-0.1, -0.05) is 0 Å². The van der Waals surface area contributed by atoms with Crippen LogP contribution >= 0.6 is 0 Å².